The van der Waals surface area contributed by atoms with Crippen LogP contribution in [0.4, 0.5) is 5.13 Å². The maximum atomic E-state index is 12.9. The number of thiazole rings is 1. The highest BCUT2D eigenvalue weighted by Gasteiger charge is 2.19. The summed E-state index contributed by atoms with van der Waals surface area (Å²) in [6, 6.07) is 11.3. The summed E-state index contributed by atoms with van der Waals surface area (Å²) in [5.74, 6) is -1.75. The lowest BCUT2D eigenvalue weighted by molar-refractivity contribution is -0.132. The van der Waals surface area contributed by atoms with Gasteiger partial charge in [-0.1, -0.05) is 29.5 Å². The molecular formula is C25H26BrN5O5S. The minimum absolute atomic E-state index is 0.136. The van der Waals surface area contributed by atoms with Crippen LogP contribution in [0.5, 0.6) is 5.75 Å². The van der Waals surface area contributed by atoms with Crippen molar-refractivity contribution in [1.82, 2.24) is 20.9 Å². The van der Waals surface area contributed by atoms with Gasteiger partial charge >= 0.3 is 5.97 Å². The number of hydrogen-bond acceptors (Lipinski definition) is 9. The standard InChI is InChI=1S/C25H26BrN5O5S/c26-20-11-16(22(33)28-13-15-2-1-3-17(32)10-15)4-5-19(20)23(34)30-21(24(35)36)12-18-14-29-25(37-18)31-8-6-27-7-9-31/h1-5,10-12,14,22,27-28,32-33H,6-9,13H2,(H,30,34)(H,35,36)/b21-12-. The number of carbonyl (C=O) groups is 2. The summed E-state index contributed by atoms with van der Waals surface area (Å²) in [5.41, 5.74) is 1.23. The van der Waals surface area contributed by atoms with Gasteiger partial charge in [-0.3, -0.25) is 10.1 Å². The number of aliphatic carboxylic acids is 1. The van der Waals surface area contributed by atoms with Gasteiger partial charge in [0, 0.05) is 43.4 Å². The van der Waals surface area contributed by atoms with Gasteiger partial charge in [-0.05, 0) is 57.4 Å². The van der Waals surface area contributed by atoms with Crippen LogP contribution < -0.4 is 20.9 Å². The topological polar surface area (TPSA) is 147 Å². The molecule has 1 atom stereocenters. The number of benzene rings is 2. The number of carboxylic acid groups (broad SMARTS) is 1. The Bertz CT molecular complexity index is 1310. The second kappa shape index (κ2) is 12.3. The molecule has 1 aliphatic heterocycles. The van der Waals surface area contributed by atoms with E-state index < -0.39 is 18.1 Å². The molecule has 3 aromatic rings. The minimum atomic E-state index is -1.27. The van der Waals surface area contributed by atoms with Crippen molar-refractivity contribution in [3.05, 3.63) is 80.4 Å². The van der Waals surface area contributed by atoms with E-state index in [-0.39, 0.29) is 17.0 Å². The predicted molar refractivity (Wildman–Crippen MR) is 144 cm³/mol. The largest absolute Gasteiger partial charge is 0.508 e. The molecular weight excluding hydrogens is 562 g/mol. The highest BCUT2D eigenvalue weighted by atomic mass is 79.9. The van der Waals surface area contributed by atoms with Crippen molar-refractivity contribution >= 4 is 50.4 Å². The number of anilines is 1. The quantitative estimate of drug-likeness (QED) is 0.164. The third kappa shape index (κ3) is 7.14. The highest BCUT2D eigenvalue weighted by Crippen LogP contribution is 2.25. The Morgan fingerprint density at radius 2 is 2.00 bits per heavy atom. The van der Waals surface area contributed by atoms with Gasteiger partial charge < -0.3 is 30.9 Å². The zero-order valence-electron chi connectivity index (χ0n) is 19.6. The van der Waals surface area contributed by atoms with Crippen molar-refractivity contribution in [3.8, 4) is 5.75 Å². The third-order valence-corrected chi connectivity index (χ3v) is 7.29. The number of carboxylic acids is 1. The molecule has 0 aliphatic carbocycles. The molecule has 6 N–H and O–H groups in total. The molecule has 0 bridgehead atoms. The Kier molecular flexibility index (Phi) is 8.90. The van der Waals surface area contributed by atoms with E-state index in [4.69, 9.17) is 0 Å². The lowest BCUT2D eigenvalue weighted by atomic mass is 10.1. The number of aliphatic hydroxyl groups excluding tert-OH is 1. The molecule has 2 heterocycles. The molecule has 4 rings (SSSR count). The van der Waals surface area contributed by atoms with E-state index >= 15 is 0 Å². The maximum absolute atomic E-state index is 12.9. The fourth-order valence-electron chi connectivity index (χ4n) is 3.71. The first-order valence-electron chi connectivity index (χ1n) is 11.5. The van der Waals surface area contributed by atoms with E-state index in [0.717, 1.165) is 36.9 Å². The van der Waals surface area contributed by atoms with E-state index in [9.17, 15) is 24.9 Å². The molecule has 194 valence electrons. The van der Waals surface area contributed by atoms with Gasteiger partial charge in [-0.25, -0.2) is 9.78 Å². The van der Waals surface area contributed by atoms with Gasteiger partial charge in [0.15, 0.2) is 5.13 Å². The molecule has 12 heteroatoms. The van der Waals surface area contributed by atoms with Gasteiger partial charge in [0.2, 0.25) is 0 Å². The van der Waals surface area contributed by atoms with E-state index in [2.05, 4.69) is 41.8 Å². The number of nitrogens with one attached hydrogen (secondary N) is 3. The van der Waals surface area contributed by atoms with E-state index in [1.54, 1.807) is 36.5 Å². The Morgan fingerprint density at radius 1 is 1.22 bits per heavy atom. The normalized spacial score (nSPS) is 14.9. The summed E-state index contributed by atoms with van der Waals surface area (Å²) in [4.78, 5) is 31.8. The van der Waals surface area contributed by atoms with E-state index in [0.29, 0.717) is 21.5 Å². The van der Waals surface area contributed by atoms with Crippen LogP contribution in [0.15, 0.2) is 58.8 Å². The zero-order valence-corrected chi connectivity index (χ0v) is 22.1. The Balaban J connectivity index is 1.42. The van der Waals surface area contributed by atoms with Crippen molar-refractivity contribution in [3.63, 3.8) is 0 Å². The molecule has 0 radical (unpaired) electrons. The maximum Gasteiger partial charge on any atom is 0.352 e. The van der Waals surface area contributed by atoms with Crippen LogP contribution in [0.3, 0.4) is 0 Å². The summed E-state index contributed by atoms with van der Waals surface area (Å²) in [6.45, 7) is 3.68. The second-order valence-corrected chi connectivity index (χ2v) is 10.2. The van der Waals surface area contributed by atoms with Crippen molar-refractivity contribution in [2.24, 2.45) is 0 Å². The number of aliphatic hydroxyl groups is 1. The Morgan fingerprint density at radius 3 is 2.70 bits per heavy atom. The molecule has 10 nitrogen and oxygen atoms in total. The minimum Gasteiger partial charge on any atom is -0.508 e. The number of phenols is 1. The summed E-state index contributed by atoms with van der Waals surface area (Å²) < 4.78 is 0.393. The monoisotopic (exact) mass is 587 g/mol. The lowest BCUT2D eigenvalue weighted by Gasteiger charge is -2.26. The average Bonchev–Trinajstić information content (AvgIpc) is 3.36. The van der Waals surface area contributed by atoms with Crippen LogP contribution >= 0.6 is 27.3 Å². The van der Waals surface area contributed by atoms with Gasteiger partial charge in [0.25, 0.3) is 5.91 Å². The first kappa shape index (κ1) is 26.8. The average molecular weight is 588 g/mol. The number of phenolic OH excluding ortho intramolecular Hbond substituents is 1. The smallest absolute Gasteiger partial charge is 0.352 e. The number of amides is 1. The molecule has 1 unspecified atom stereocenters. The number of nitrogens with zero attached hydrogens (tertiary/aromatic N) is 2. The number of hydrogen-bond donors (Lipinski definition) is 6. The van der Waals surface area contributed by atoms with Crippen molar-refractivity contribution in [1.29, 1.82) is 0 Å². The highest BCUT2D eigenvalue weighted by molar-refractivity contribution is 9.10. The van der Waals surface area contributed by atoms with E-state index in [1.165, 1.54) is 23.5 Å². The second-order valence-electron chi connectivity index (χ2n) is 8.29. The molecule has 1 saturated heterocycles. The number of piperazine rings is 1. The molecule has 37 heavy (non-hydrogen) atoms. The van der Waals surface area contributed by atoms with Crippen LogP contribution in [0, 0.1) is 0 Å². The number of halogens is 1. The Hall–Kier alpha value is -3.29. The van der Waals surface area contributed by atoms with Crippen LogP contribution in [0.1, 0.15) is 32.6 Å². The fourth-order valence-corrected chi connectivity index (χ4v) is 5.20. The SMILES string of the molecule is O=C(O)/C(=C/c1cnc(N2CCNCC2)s1)NC(=O)c1ccc(C(O)NCc2cccc(O)c2)cc1Br. The number of aromatic nitrogens is 1. The Labute approximate surface area is 225 Å². The van der Waals surface area contributed by atoms with Crippen molar-refractivity contribution < 1.29 is 24.9 Å². The summed E-state index contributed by atoms with van der Waals surface area (Å²) in [7, 11) is 0. The van der Waals surface area contributed by atoms with Crippen LogP contribution in [0.25, 0.3) is 6.08 Å². The number of aromatic hydroxyl groups is 1. The first-order chi connectivity index (χ1) is 17.8. The first-order valence-corrected chi connectivity index (χ1v) is 13.1. The van der Waals surface area contributed by atoms with Crippen LogP contribution in [-0.4, -0.2) is 58.4 Å². The van der Waals surface area contributed by atoms with Crippen LogP contribution in [-0.2, 0) is 11.3 Å². The molecule has 0 spiro atoms. The van der Waals surface area contributed by atoms with Crippen LogP contribution in [0.2, 0.25) is 0 Å². The molecule has 1 fully saturated rings. The summed E-state index contributed by atoms with van der Waals surface area (Å²) in [5, 5.41) is 39.2. The molecule has 1 aliphatic rings. The molecule has 0 saturated carbocycles. The summed E-state index contributed by atoms with van der Waals surface area (Å²) in [6.07, 6.45) is 1.95. The lowest BCUT2D eigenvalue weighted by Crippen LogP contribution is -2.43. The van der Waals surface area contributed by atoms with Gasteiger partial charge in [0.05, 0.1) is 10.4 Å². The number of carbonyl (C=O) groups excluding carboxylic acids is 1. The molecule has 1 aromatic heterocycles. The van der Waals surface area contributed by atoms with Crippen molar-refractivity contribution in [2.75, 3.05) is 31.1 Å². The fraction of sp³-hybridized carbons (Fsp3) is 0.240. The summed E-state index contributed by atoms with van der Waals surface area (Å²) >= 11 is 4.70. The molecule has 2 aromatic carbocycles. The van der Waals surface area contributed by atoms with Gasteiger partial charge in [-0.15, -0.1) is 0 Å². The number of rotatable bonds is 9. The zero-order chi connectivity index (χ0) is 26.4. The van der Waals surface area contributed by atoms with Crippen molar-refractivity contribution in [2.45, 2.75) is 12.8 Å². The van der Waals surface area contributed by atoms with E-state index in [1.807, 2.05) is 6.07 Å². The molecule has 1 amide bonds. The van der Waals surface area contributed by atoms with Gasteiger partial charge in [-0.2, -0.15) is 0 Å². The predicted octanol–water partition coefficient (Wildman–Crippen LogP) is 2.66. The third-order valence-electron chi connectivity index (χ3n) is 5.63. The van der Waals surface area contributed by atoms with Gasteiger partial charge in [0.1, 0.15) is 17.7 Å².